The Morgan fingerprint density at radius 1 is 1.83 bits per heavy atom. The average molecular weight is 235 g/mol. The van der Waals surface area contributed by atoms with E-state index in [1.165, 1.54) is 0 Å². The first-order valence-electron chi connectivity index (χ1n) is 3.55. The number of oxime groups is 1. The molecule has 2 aliphatic rings. The molecule has 0 aliphatic carbocycles. The number of halogens is 1. The minimum atomic E-state index is -0.889. The van der Waals surface area contributed by atoms with Crippen LogP contribution >= 0.6 is 15.9 Å². The number of carboxylic acids is 1. The number of aliphatic carboxylic acids is 1. The molecule has 0 aromatic heterocycles. The third-order valence-corrected chi connectivity index (χ3v) is 2.85. The molecule has 0 amide bonds. The van der Waals surface area contributed by atoms with Gasteiger partial charge in [0.1, 0.15) is 10.7 Å². The number of rotatable bonds is 1. The Morgan fingerprint density at radius 2 is 2.58 bits per heavy atom. The van der Waals surface area contributed by atoms with Gasteiger partial charge in [-0.3, -0.25) is 4.79 Å². The van der Waals surface area contributed by atoms with E-state index in [9.17, 15) is 4.79 Å². The molecule has 2 N–H and O–H groups in total. The zero-order valence-corrected chi connectivity index (χ0v) is 7.61. The number of nitrogens with one attached hydrogen (secondary N) is 1. The second-order valence-electron chi connectivity index (χ2n) is 2.81. The number of hydrogen-bond acceptors (Lipinski definition) is 4. The smallest absolute Gasteiger partial charge is 0.324 e. The summed E-state index contributed by atoms with van der Waals surface area (Å²) >= 11 is 3.21. The lowest BCUT2D eigenvalue weighted by molar-refractivity contribution is -0.142. The monoisotopic (exact) mass is 234 g/mol. The second kappa shape index (κ2) is 2.70. The van der Waals surface area contributed by atoms with Gasteiger partial charge < -0.3 is 15.3 Å². The van der Waals surface area contributed by atoms with Crippen molar-refractivity contribution in [3.63, 3.8) is 0 Å². The molecule has 6 heteroatoms. The number of nitrogens with zero attached hydrogens (tertiary/aromatic N) is 1. The predicted octanol–water partition coefficient (Wildman–Crippen LogP) is -0.234. The minimum Gasteiger partial charge on any atom is -0.480 e. The lowest BCUT2D eigenvalue weighted by Crippen LogP contribution is -2.39. The molecule has 0 spiro atoms. The molecule has 12 heavy (non-hydrogen) atoms. The van der Waals surface area contributed by atoms with Crippen molar-refractivity contribution in [2.75, 3.05) is 6.54 Å². The van der Waals surface area contributed by atoms with Crippen LogP contribution in [-0.2, 0) is 9.63 Å². The first-order valence-corrected chi connectivity index (χ1v) is 4.35. The number of carboxylic acid groups (broad SMARTS) is 1. The summed E-state index contributed by atoms with van der Waals surface area (Å²) < 4.78 is 0.698. The zero-order chi connectivity index (χ0) is 8.72. The maximum Gasteiger partial charge on any atom is 0.324 e. The van der Waals surface area contributed by atoms with E-state index in [0.717, 1.165) is 0 Å². The molecule has 1 saturated heterocycles. The van der Waals surface area contributed by atoms with Gasteiger partial charge in [0.2, 0.25) is 0 Å². The van der Waals surface area contributed by atoms with Crippen LogP contribution in [0.4, 0.5) is 0 Å². The third-order valence-electron chi connectivity index (χ3n) is 2.12. The quantitative estimate of drug-likeness (QED) is 0.658. The van der Waals surface area contributed by atoms with Gasteiger partial charge in [-0.05, 0) is 15.9 Å². The lowest BCUT2D eigenvalue weighted by atomic mass is 10.0. The molecule has 2 aliphatic heterocycles. The normalized spacial score (nSPS) is 38.8. The molecule has 2 heterocycles. The largest absolute Gasteiger partial charge is 0.480 e. The SMILES string of the molecule is O=C(O)C1NCC2C(Br)=NOC21. The first kappa shape index (κ1) is 8.00. The van der Waals surface area contributed by atoms with Crippen LogP contribution in [0.15, 0.2) is 5.16 Å². The van der Waals surface area contributed by atoms with Crippen molar-refractivity contribution in [1.82, 2.24) is 5.32 Å². The number of hydrogen-bond donors (Lipinski definition) is 2. The fourth-order valence-electron chi connectivity index (χ4n) is 1.48. The summed E-state index contributed by atoms with van der Waals surface area (Å²) in [6.45, 7) is 0.603. The second-order valence-corrected chi connectivity index (χ2v) is 3.63. The highest BCUT2D eigenvalue weighted by Gasteiger charge is 2.47. The maximum absolute atomic E-state index is 10.6. The Kier molecular flexibility index (Phi) is 1.80. The Balaban J connectivity index is 2.14. The molecule has 0 bridgehead atoms. The van der Waals surface area contributed by atoms with Gasteiger partial charge in [-0.25, -0.2) is 0 Å². The van der Waals surface area contributed by atoms with Crippen molar-refractivity contribution >= 4 is 26.5 Å². The highest BCUT2D eigenvalue weighted by atomic mass is 79.9. The molecule has 0 aromatic carbocycles. The Hall–Kier alpha value is -0.620. The van der Waals surface area contributed by atoms with E-state index in [1.54, 1.807) is 0 Å². The molecule has 3 unspecified atom stereocenters. The van der Waals surface area contributed by atoms with E-state index in [0.29, 0.717) is 11.2 Å². The number of fused-ring (bicyclic) bond motifs is 1. The summed E-state index contributed by atoms with van der Waals surface area (Å²) in [7, 11) is 0. The van der Waals surface area contributed by atoms with Gasteiger partial charge in [0.05, 0.1) is 5.92 Å². The Bertz CT molecular complexity index is 255. The van der Waals surface area contributed by atoms with Crippen LogP contribution in [0.1, 0.15) is 0 Å². The topological polar surface area (TPSA) is 70.9 Å². The van der Waals surface area contributed by atoms with Gasteiger partial charge >= 0.3 is 5.97 Å². The van der Waals surface area contributed by atoms with Gasteiger partial charge in [-0.2, -0.15) is 0 Å². The van der Waals surface area contributed by atoms with E-state index < -0.39 is 12.0 Å². The molecular weight excluding hydrogens is 228 g/mol. The highest BCUT2D eigenvalue weighted by Crippen LogP contribution is 2.28. The fraction of sp³-hybridized carbons (Fsp3) is 0.667. The molecule has 3 atom stereocenters. The highest BCUT2D eigenvalue weighted by molar-refractivity contribution is 9.18. The van der Waals surface area contributed by atoms with Crippen molar-refractivity contribution in [2.24, 2.45) is 11.1 Å². The lowest BCUT2D eigenvalue weighted by Gasteiger charge is -2.10. The molecule has 66 valence electrons. The Labute approximate surface area is 76.9 Å². The summed E-state index contributed by atoms with van der Waals surface area (Å²) in [4.78, 5) is 15.6. The molecular formula is C6H7BrN2O3. The van der Waals surface area contributed by atoms with Gasteiger partial charge in [-0.1, -0.05) is 5.16 Å². The minimum absolute atomic E-state index is 0.0612. The molecule has 0 aromatic rings. The van der Waals surface area contributed by atoms with Crippen LogP contribution in [0.5, 0.6) is 0 Å². The van der Waals surface area contributed by atoms with Crippen molar-refractivity contribution < 1.29 is 14.7 Å². The van der Waals surface area contributed by atoms with E-state index in [4.69, 9.17) is 9.94 Å². The maximum atomic E-state index is 10.6. The summed E-state index contributed by atoms with van der Waals surface area (Å²) in [6, 6.07) is -0.631. The van der Waals surface area contributed by atoms with Crippen LogP contribution in [-0.4, -0.2) is 34.4 Å². The average Bonchev–Trinajstić information content (AvgIpc) is 2.53. The van der Waals surface area contributed by atoms with E-state index in [2.05, 4.69) is 26.4 Å². The van der Waals surface area contributed by atoms with Gasteiger partial charge in [0.25, 0.3) is 0 Å². The Morgan fingerprint density at radius 3 is 3.25 bits per heavy atom. The number of carbonyl (C=O) groups is 1. The van der Waals surface area contributed by atoms with Crippen LogP contribution in [0, 0.1) is 5.92 Å². The van der Waals surface area contributed by atoms with Crippen molar-refractivity contribution in [2.45, 2.75) is 12.1 Å². The zero-order valence-electron chi connectivity index (χ0n) is 6.03. The first-order chi connectivity index (χ1) is 5.70. The van der Waals surface area contributed by atoms with Crippen LogP contribution in [0.25, 0.3) is 0 Å². The summed E-state index contributed by atoms with van der Waals surface area (Å²) in [5.41, 5.74) is 0. The molecule has 1 fully saturated rings. The third kappa shape index (κ3) is 1.02. The van der Waals surface area contributed by atoms with E-state index in [-0.39, 0.29) is 12.0 Å². The van der Waals surface area contributed by atoms with Crippen LogP contribution < -0.4 is 5.32 Å². The fourth-order valence-corrected chi connectivity index (χ4v) is 1.99. The standard InChI is InChI=1S/C6H7BrN2O3/c7-5-2-1-8-3(6(10)11)4(2)12-9-5/h2-4,8H,1H2,(H,10,11). The summed E-state index contributed by atoms with van der Waals surface area (Å²) in [5.74, 6) is -0.828. The van der Waals surface area contributed by atoms with Gasteiger partial charge in [0.15, 0.2) is 6.10 Å². The summed E-state index contributed by atoms with van der Waals surface area (Å²) in [6.07, 6.45) is -0.350. The van der Waals surface area contributed by atoms with Gasteiger partial charge in [0, 0.05) is 6.54 Å². The van der Waals surface area contributed by atoms with Crippen molar-refractivity contribution in [3.8, 4) is 0 Å². The predicted molar refractivity (Wildman–Crippen MR) is 44.2 cm³/mol. The molecule has 0 saturated carbocycles. The molecule has 0 radical (unpaired) electrons. The van der Waals surface area contributed by atoms with Crippen LogP contribution in [0.3, 0.4) is 0 Å². The van der Waals surface area contributed by atoms with Crippen LogP contribution in [0.2, 0.25) is 0 Å². The summed E-state index contributed by atoms with van der Waals surface area (Å²) in [5, 5.41) is 15.3. The van der Waals surface area contributed by atoms with Gasteiger partial charge in [-0.15, -0.1) is 0 Å². The molecule has 2 rings (SSSR count). The van der Waals surface area contributed by atoms with E-state index >= 15 is 0 Å². The van der Waals surface area contributed by atoms with Crippen molar-refractivity contribution in [1.29, 1.82) is 0 Å². The van der Waals surface area contributed by atoms with Crippen molar-refractivity contribution in [3.05, 3.63) is 0 Å². The molecule has 5 nitrogen and oxygen atoms in total. The van der Waals surface area contributed by atoms with E-state index in [1.807, 2.05) is 0 Å².